The third kappa shape index (κ3) is 4.14. The van der Waals surface area contributed by atoms with Crippen molar-refractivity contribution in [2.75, 3.05) is 20.9 Å². The minimum absolute atomic E-state index is 0.0162. The minimum Gasteiger partial charge on any atom is -0.454 e. The number of benzene rings is 2. The largest absolute Gasteiger partial charge is 0.454 e. The van der Waals surface area contributed by atoms with E-state index in [9.17, 15) is 9.18 Å². The van der Waals surface area contributed by atoms with Crippen molar-refractivity contribution in [3.63, 3.8) is 0 Å². The van der Waals surface area contributed by atoms with E-state index in [1.54, 1.807) is 18.0 Å². The van der Waals surface area contributed by atoms with Crippen molar-refractivity contribution >= 4 is 5.91 Å². The van der Waals surface area contributed by atoms with E-state index in [1.165, 1.54) is 12.1 Å². The molecule has 0 N–H and O–H groups in total. The summed E-state index contributed by atoms with van der Waals surface area (Å²) in [6.45, 7) is 3.10. The maximum Gasteiger partial charge on any atom is 0.239 e. The van der Waals surface area contributed by atoms with Crippen LogP contribution >= 0.6 is 0 Å². The summed E-state index contributed by atoms with van der Waals surface area (Å²) in [5.74, 6) is 1.17. The molecule has 1 aliphatic heterocycles. The molecule has 0 saturated carbocycles. The molecule has 2 aromatic carbocycles. The van der Waals surface area contributed by atoms with Crippen molar-refractivity contribution in [1.82, 2.24) is 9.80 Å². The molecule has 0 spiro atoms. The number of fused-ring (bicyclic) bond motifs is 1. The zero-order valence-corrected chi connectivity index (χ0v) is 15.2. The van der Waals surface area contributed by atoms with Crippen molar-refractivity contribution < 1.29 is 18.7 Å². The van der Waals surface area contributed by atoms with Crippen LogP contribution in [0, 0.1) is 5.82 Å². The molecule has 2 aromatic rings. The lowest BCUT2D eigenvalue weighted by atomic mass is 10.1. The molecule has 0 aliphatic carbocycles. The van der Waals surface area contributed by atoms with Gasteiger partial charge < -0.3 is 14.4 Å². The third-order valence-corrected chi connectivity index (χ3v) is 4.57. The zero-order chi connectivity index (χ0) is 18.7. The number of hydrogen-bond acceptors (Lipinski definition) is 4. The molecule has 1 heterocycles. The van der Waals surface area contributed by atoms with E-state index in [4.69, 9.17) is 9.47 Å². The summed E-state index contributed by atoms with van der Waals surface area (Å²) in [6.07, 6.45) is 0. The smallest absolute Gasteiger partial charge is 0.239 e. The minimum atomic E-state index is -0.306. The van der Waals surface area contributed by atoms with Crippen molar-refractivity contribution in [3.05, 3.63) is 59.4 Å². The Labute approximate surface area is 152 Å². The lowest BCUT2D eigenvalue weighted by Crippen LogP contribution is -2.43. The fraction of sp³-hybridized carbons (Fsp3) is 0.350. The van der Waals surface area contributed by atoms with E-state index in [0.717, 1.165) is 22.6 Å². The number of rotatable bonds is 6. The van der Waals surface area contributed by atoms with E-state index in [2.05, 4.69) is 0 Å². The summed E-state index contributed by atoms with van der Waals surface area (Å²) in [5.41, 5.74) is 1.82. The molecule has 1 amide bonds. The number of halogens is 1. The monoisotopic (exact) mass is 358 g/mol. The van der Waals surface area contributed by atoms with Gasteiger partial charge in [-0.25, -0.2) is 4.39 Å². The van der Waals surface area contributed by atoms with Crippen LogP contribution in [0.15, 0.2) is 42.5 Å². The average Bonchev–Trinajstić information content (AvgIpc) is 3.08. The Hall–Kier alpha value is -2.60. The molecular formula is C20H23FN2O3. The molecule has 6 heteroatoms. The third-order valence-electron chi connectivity index (χ3n) is 4.57. The van der Waals surface area contributed by atoms with Gasteiger partial charge in [0.15, 0.2) is 11.5 Å². The fourth-order valence-electron chi connectivity index (χ4n) is 2.96. The van der Waals surface area contributed by atoms with Gasteiger partial charge in [0.05, 0.1) is 6.04 Å². The Morgan fingerprint density at radius 1 is 1.08 bits per heavy atom. The van der Waals surface area contributed by atoms with Gasteiger partial charge in [0.25, 0.3) is 0 Å². The van der Waals surface area contributed by atoms with E-state index >= 15 is 0 Å². The number of likely N-dealkylation sites (N-methyl/N-ethyl adjacent to an activating group) is 2. The van der Waals surface area contributed by atoms with E-state index in [-0.39, 0.29) is 24.6 Å². The van der Waals surface area contributed by atoms with Crippen molar-refractivity contribution in [2.45, 2.75) is 26.1 Å². The highest BCUT2D eigenvalue weighted by Crippen LogP contribution is 2.32. The lowest BCUT2D eigenvalue weighted by molar-refractivity contribution is -0.135. The zero-order valence-electron chi connectivity index (χ0n) is 15.2. The number of hydrogen-bond donors (Lipinski definition) is 0. The van der Waals surface area contributed by atoms with Crippen LogP contribution < -0.4 is 9.47 Å². The highest BCUT2D eigenvalue weighted by molar-refractivity contribution is 5.81. The summed E-state index contributed by atoms with van der Waals surface area (Å²) in [4.78, 5) is 16.3. The second kappa shape index (κ2) is 7.74. The van der Waals surface area contributed by atoms with Gasteiger partial charge in [-0.3, -0.25) is 9.69 Å². The molecule has 0 saturated heterocycles. The fourth-order valence-corrected chi connectivity index (χ4v) is 2.96. The maximum absolute atomic E-state index is 13.3. The van der Waals surface area contributed by atoms with Gasteiger partial charge in [0.1, 0.15) is 5.82 Å². The van der Waals surface area contributed by atoms with Crippen LogP contribution in [0.3, 0.4) is 0 Å². The van der Waals surface area contributed by atoms with E-state index in [1.807, 2.05) is 43.1 Å². The van der Waals surface area contributed by atoms with Gasteiger partial charge in [-0.1, -0.05) is 18.2 Å². The van der Waals surface area contributed by atoms with Crippen LogP contribution in [0.4, 0.5) is 4.39 Å². The second-order valence-electron chi connectivity index (χ2n) is 6.60. The van der Waals surface area contributed by atoms with Gasteiger partial charge in [0.2, 0.25) is 12.7 Å². The highest BCUT2D eigenvalue weighted by Gasteiger charge is 2.22. The van der Waals surface area contributed by atoms with Crippen LogP contribution in [0.25, 0.3) is 0 Å². The van der Waals surface area contributed by atoms with Crippen molar-refractivity contribution in [1.29, 1.82) is 0 Å². The molecule has 26 heavy (non-hydrogen) atoms. The number of amides is 1. The number of nitrogens with zero attached hydrogens (tertiary/aromatic N) is 2. The summed E-state index contributed by atoms with van der Waals surface area (Å²) in [5, 5.41) is 0. The molecule has 0 fully saturated rings. The number of carbonyl (C=O) groups is 1. The Bertz CT molecular complexity index is 796. The topological polar surface area (TPSA) is 42.0 Å². The first kappa shape index (κ1) is 18.2. The molecule has 1 aliphatic rings. The quantitative estimate of drug-likeness (QED) is 0.796. The van der Waals surface area contributed by atoms with Crippen molar-refractivity contribution in [3.8, 4) is 11.5 Å². The van der Waals surface area contributed by atoms with Gasteiger partial charge in [-0.05, 0) is 49.4 Å². The molecule has 0 bridgehead atoms. The molecule has 138 valence electrons. The summed E-state index contributed by atoms with van der Waals surface area (Å²) < 4.78 is 24.0. The van der Waals surface area contributed by atoms with Gasteiger partial charge in [0, 0.05) is 20.1 Å². The molecular weight excluding hydrogens is 335 g/mol. The second-order valence-corrected chi connectivity index (χ2v) is 6.60. The summed E-state index contributed by atoms with van der Waals surface area (Å²) in [6, 6.07) is 11.8. The predicted octanol–water partition coefficient (Wildman–Crippen LogP) is 3.03. The highest BCUT2D eigenvalue weighted by atomic mass is 19.1. The van der Waals surface area contributed by atoms with E-state index < -0.39 is 0 Å². The molecule has 0 radical (unpaired) electrons. The van der Waals surface area contributed by atoms with Crippen LogP contribution in [0.5, 0.6) is 11.5 Å². The van der Waals surface area contributed by atoms with Crippen LogP contribution in [0.2, 0.25) is 0 Å². The standard InChI is InChI=1S/C20H23FN2O3/c1-14(20(24)23(3)12-15-5-4-6-17(21)9-15)22(2)11-16-7-8-18-19(10-16)26-13-25-18/h4-10,14H,11-13H2,1-3H3. The van der Waals surface area contributed by atoms with Crippen molar-refractivity contribution in [2.24, 2.45) is 0 Å². The molecule has 3 rings (SSSR count). The SMILES string of the molecule is CC(C(=O)N(C)Cc1cccc(F)c1)N(C)Cc1ccc2c(c1)OCO2. The number of ether oxygens (including phenoxy) is 2. The maximum atomic E-state index is 13.3. The van der Waals surface area contributed by atoms with Crippen LogP contribution in [-0.4, -0.2) is 42.6 Å². The average molecular weight is 358 g/mol. The van der Waals surface area contributed by atoms with Crippen LogP contribution in [-0.2, 0) is 17.9 Å². The first-order chi connectivity index (χ1) is 12.4. The Morgan fingerprint density at radius 3 is 2.58 bits per heavy atom. The van der Waals surface area contributed by atoms with E-state index in [0.29, 0.717) is 13.1 Å². The van der Waals surface area contributed by atoms with Gasteiger partial charge in [-0.15, -0.1) is 0 Å². The first-order valence-corrected chi connectivity index (χ1v) is 8.52. The Kier molecular flexibility index (Phi) is 5.42. The summed E-state index contributed by atoms with van der Waals surface area (Å²) in [7, 11) is 3.64. The summed E-state index contributed by atoms with van der Waals surface area (Å²) >= 11 is 0. The molecule has 5 nitrogen and oxygen atoms in total. The molecule has 0 aromatic heterocycles. The van der Waals surface area contributed by atoms with Gasteiger partial charge >= 0.3 is 0 Å². The lowest BCUT2D eigenvalue weighted by Gasteiger charge is -2.28. The Morgan fingerprint density at radius 2 is 1.81 bits per heavy atom. The molecule has 1 atom stereocenters. The Balaban J connectivity index is 1.60. The normalized spacial score (nSPS) is 13.7. The predicted molar refractivity (Wildman–Crippen MR) is 96.4 cm³/mol. The number of carbonyl (C=O) groups excluding carboxylic acids is 1. The molecule has 1 unspecified atom stereocenters. The first-order valence-electron chi connectivity index (χ1n) is 8.52. The van der Waals surface area contributed by atoms with Gasteiger partial charge in [-0.2, -0.15) is 0 Å². The van der Waals surface area contributed by atoms with Crippen LogP contribution in [0.1, 0.15) is 18.1 Å².